The van der Waals surface area contributed by atoms with Gasteiger partial charge in [-0.15, -0.1) is 10.2 Å². The highest BCUT2D eigenvalue weighted by Gasteiger charge is 2.29. The normalized spacial score (nSPS) is 16.6. The van der Waals surface area contributed by atoms with Crippen LogP contribution in [-0.4, -0.2) is 37.9 Å². The minimum absolute atomic E-state index is 0.188. The maximum Gasteiger partial charge on any atom is 0.208 e. The molecular weight excluding hydrogens is 365 g/mol. The number of halogens is 1. The predicted octanol–water partition coefficient (Wildman–Crippen LogP) is 2.95. The second-order valence-corrected chi connectivity index (χ2v) is 7.95. The highest BCUT2D eigenvalue weighted by Crippen LogP contribution is 2.33. The van der Waals surface area contributed by atoms with Gasteiger partial charge in [0, 0.05) is 39.0 Å². The molecular formula is C19H22FN5OS. The van der Waals surface area contributed by atoms with Crippen LogP contribution in [0, 0.1) is 11.7 Å². The molecule has 142 valence electrons. The van der Waals surface area contributed by atoms with Gasteiger partial charge in [-0.25, -0.2) is 9.37 Å². The summed E-state index contributed by atoms with van der Waals surface area (Å²) < 4.78 is 15.7. The smallest absolute Gasteiger partial charge is 0.208 e. The van der Waals surface area contributed by atoms with Crippen LogP contribution in [0.2, 0.25) is 0 Å². The topological polar surface area (TPSA) is 67.1 Å². The van der Waals surface area contributed by atoms with E-state index in [4.69, 9.17) is 0 Å². The quantitative estimate of drug-likeness (QED) is 0.729. The van der Waals surface area contributed by atoms with E-state index >= 15 is 0 Å². The summed E-state index contributed by atoms with van der Waals surface area (Å²) in [7, 11) is 1.90. The van der Waals surface area contributed by atoms with Crippen LogP contribution in [0.4, 0.5) is 9.52 Å². The fourth-order valence-electron chi connectivity index (χ4n) is 3.53. The molecule has 1 fully saturated rings. The molecule has 0 saturated carbocycles. The molecule has 2 aromatic heterocycles. The number of aryl methyl sites for hydroxylation is 1. The van der Waals surface area contributed by atoms with Crippen molar-refractivity contribution in [1.29, 1.82) is 0 Å². The van der Waals surface area contributed by atoms with Crippen molar-refractivity contribution in [2.24, 2.45) is 13.0 Å². The van der Waals surface area contributed by atoms with Gasteiger partial charge < -0.3 is 14.6 Å². The van der Waals surface area contributed by atoms with E-state index in [-0.39, 0.29) is 11.7 Å². The van der Waals surface area contributed by atoms with Crippen LogP contribution in [0.25, 0.3) is 0 Å². The van der Waals surface area contributed by atoms with E-state index in [9.17, 15) is 9.50 Å². The minimum Gasteiger partial charge on any atom is -0.385 e. The lowest BCUT2D eigenvalue weighted by Crippen LogP contribution is -2.36. The molecule has 8 heteroatoms. The van der Waals surface area contributed by atoms with E-state index in [1.54, 1.807) is 18.3 Å². The first-order valence-corrected chi connectivity index (χ1v) is 9.89. The Hall–Kier alpha value is -2.32. The summed E-state index contributed by atoms with van der Waals surface area (Å²) in [5, 5.41) is 20.8. The zero-order valence-corrected chi connectivity index (χ0v) is 15.9. The number of hydrogen-bond donors (Lipinski definition) is 1. The monoisotopic (exact) mass is 387 g/mol. The average molecular weight is 387 g/mol. The molecule has 1 aliphatic rings. The summed E-state index contributed by atoms with van der Waals surface area (Å²) in [6.07, 6.45) is 5.22. The number of imidazole rings is 1. The molecule has 3 aromatic rings. The van der Waals surface area contributed by atoms with E-state index in [1.165, 1.54) is 17.4 Å². The second-order valence-electron chi connectivity index (χ2n) is 6.91. The van der Waals surface area contributed by atoms with Gasteiger partial charge in [0.05, 0.1) is 0 Å². The number of aromatic nitrogens is 4. The first kappa shape index (κ1) is 18.1. The molecule has 1 unspecified atom stereocenters. The highest BCUT2D eigenvalue weighted by molar-refractivity contribution is 7.15. The van der Waals surface area contributed by atoms with Crippen molar-refractivity contribution in [3.8, 4) is 0 Å². The van der Waals surface area contributed by atoms with Gasteiger partial charge in [-0.3, -0.25) is 0 Å². The Morgan fingerprint density at radius 2 is 2.04 bits per heavy atom. The van der Waals surface area contributed by atoms with Crippen molar-refractivity contribution in [3.05, 3.63) is 58.9 Å². The fraction of sp³-hybridized carbons (Fsp3) is 0.421. The maximum atomic E-state index is 13.8. The summed E-state index contributed by atoms with van der Waals surface area (Å²) >= 11 is 1.51. The number of benzene rings is 1. The van der Waals surface area contributed by atoms with Crippen LogP contribution in [0.5, 0.6) is 0 Å². The Morgan fingerprint density at radius 3 is 2.74 bits per heavy atom. The van der Waals surface area contributed by atoms with Crippen molar-refractivity contribution in [2.75, 3.05) is 18.0 Å². The van der Waals surface area contributed by atoms with E-state index in [0.717, 1.165) is 41.9 Å². The minimum atomic E-state index is -0.543. The summed E-state index contributed by atoms with van der Waals surface area (Å²) in [5.74, 6) is 0.697. The number of rotatable bonds is 5. The Morgan fingerprint density at radius 1 is 1.26 bits per heavy atom. The molecule has 0 amide bonds. The third-order valence-corrected chi connectivity index (χ3v) is 6.12. The van der Waals surface area contributed by atoms with E-state index in [0.29, 0.717) is 12.0 Å². The molecule has 0 aliphatic carbocycles. The van der Waals surface area contributed by atoms with Gasteiger partial charge in [0.15, 0.2) is 0 Å². The molecule has 0 radical (unpaired) electrons. The Labute approximate surface area is 161 Å². The van der Waals surface area contributed by atoms with Crippen LogP contribution >= 0.6 is 11.3 Å². The van der Waals surface area contributed by atoms with Crippen molar-refractivity contribution in [2.45, 2.75) is 25.4 Å². The molecule has 1 aliphatic heterocycles. The van der Waals surface area contributed by atoms with Gasteiger partial charge in [-0.05, 0) is 30.4 Å². The largest absolute Gasteiger partial charge is 0.385 e. The van der Waals surface area contributed by atoms with Crippen molar-refractivity contribution in [3.63, 3.8) is 0 Å². The highest BCUT2D eigenvalue weighted by atomic mass is 32.1. The van der Waals surface area contributed by atoms with Crippen LogP contribution in [0.3, 0.4) is 0 Å². The van der Waals surface area contributed by atoms with Crippen molar-refractivity contribution >= 4 is 16.5 Å². The van der Waals surface area contributed by atoms with E-state index in [2.05, 4.69) is 20.1 Å². The summed E-state index contributed by atoms with van der Waals surface area (Å²) in [4.78, 5) is 6.47. The standard InChI is InChI=1S/C19H22FN5OS/c1-24-11-8-21-18(24)17(26)13-6-9-25(10-7-13)19-23-22-16(27-19)12-14-4-2-3-5-15(14)20/h2-5,8,11,13,17,26H,6-7,9-10,12H2,1H3. The average Bonchev–Trinajstić information content (AvgIpc) is 3.32. The fourth-order valence-corrected chi connectivity index (χ4v) is 4.44. The van der Waals surface area contributed by atoms with Crippen LogP contribution in [0.15, 0.2) is 36.7 Å². The molecule has 1 saturated heterocycles. The first-order chi connectivity index (χ1) is 13.1. The van der Waals surface area contributed by atoms with Gasteiger partial charge >= 0.3 is 0 Å². The van der Waals surface area contributed by atoms with E-state index in [1.807, 2.05) is 23.9 Å². The predicted molar refractivity (Wildman–Crippen MR) is 102 cm³/mol. The Bertz CT molecular complexity index is 903. The van der Waals surface area contributed by atoms with Gasteiger partial charge in [-0.2, -0.15) is 0 Å². The molecule has 27 heavy (non-hydrogen) atoms. The van der Waals surface area contributed by atoms with Crippen LogP contribution < -0.4 is 4.90 Å². The summed E-state index contributed by atoms with van der Waals surface area (Å²) in [6.45, 7) is 1.64. The molecule has 4 rings (SSSR count). The Kier molecular flexibility index (Phi) is 5.18. The second kappa shape index (κ2) is 7.74. The number of aliphatic hydroxyl groups is 1. The molecule has 1 N–H and O–H groups in total. The molecule has 1 aromatic carbocycles. The van der Waals surface area contributed by atoms with E-state index < -0.39 is 6.10 Å². The molecule has 3 heterocycles. The van der Waals surface area contributed by atoms with Crippen LogP contribution in [0.1, 0.15) is 35.3 Å². The lowest BCUT2D eigenvalue weighted by Gasteiger charge is -2.33. The van der Waals surface area contributed by atoms with Gasteiger partial charge in [0.25, 0.3) is 0 Å². The molecule has 0 bridgehead atoms. The molecule has 1 atom stereocenters. The number of anilines is 1. The zero-order valence-electron chi connectivity index (χ0n) is 15.1. The third kappa shape index (κ3) is 3.86. The van der Waals surface area contributed by atoms with Crippen LogP contribution in [-0.2, 0) is 13.5 Å². The SMILES string of the molecule is Cn1ccnc1C(O)C1CCN(c2nnc(Cc3ccccc3F)s2)CC1. The van der Waals surface area contributed by atoms with Gasteiger partial charge in [0.1, 0.15) is 22.8 Å². The number of hydrogen-bond acceptors (Lipinski definition) is 6. The van der Waals surface area contributed by atoms with Gasteiger partial charge in [-0.1, -0.05) is 29.5 Å². The molecule has 6 nitrogen and oxygen atoms in total. The Balaban J connectivity index is 1.37. The number of nitrogens with zero attached hydrogens (tertiary/aromatic N) is 5. The molecule has 0 spiro atoms. The summed E-state index contributed by atoms with van der Waals surface area (Å²) in [6, 6.07) is 6.77. The lowest BCUT2D eigenvalue weighted by molar-refractivity contribution is 0.0825. The van der Waals surface area contributed by atoms with Gasteiger partial charge in [0.2, 0.25) is 5.13 Å². The number of aliphatic hydroxyl groups excluding tert-OH is 1. The summed E-state index contributed by atoms with van der Waals surface area (Å²) in [5.41, 5.74) is 0.636. The zero-order chi connectivity index (χ0) is 18.8. The van der Waals surface area contributed by atoms with Crippen molar-refractivity contribution < 1.29 is 9.50 Å². The van der Waals surface area contributed by atoms with Crippen molar-refractivity contribution in [1.82, 2.24) is 19.7 Å². The first-order valence-electron chi connectivity index (χ1n) is 9.08. The number of piperidine rings is 1. The maximum absolute atomic E-state index is 13.8. The lowest BCUT2D eigenvalue weighted by atomic mass is 9.91. The third-order valence-electron chi connectivity index (χ3n) is 5.14.